The average molecular weight is 213 g/mol. The number of phenolic OH excluding ortho intramolecular Hbond substituents is 1. The van der Waals surface area contributed by atoms with E-state index in [1.165, 1.54) is 0 Å². The minimum absolute atomic E-state index is 0.0714. The minimum Gasteiger partial charge on any atom is -0.508 e. The molecule has 1 fully saturated rings. The zero-order chi connectivity index (χ0) is 10.1. The van der Waals surface area contributed by atoms with Gasteiger partial charge in [-0.2, -0.15) is 0 Å². The number of phenols is 1. The molecule has 0 bridgehead atoms. The second-order valence-corrected chi connectivity index (χ2v) is 4.07. The second kappa shape index (κ2) is 3.77. The van der Waals surface area contributed by atoms with Gasteiger partial charge >= 0.3 is 0 Å². The van der Waals surface area contributed by atoms with Crippen LogP contribution < -0.4 is 11.1 Å². The molecule has 0 amide bonds. The second-order valence-electron chi connectivity index (χ2n) is 3.63. The average Bonchev–Trinajstić information content (AvgIpc) is 2.52. The molecule has 14 heavy (non-hydrogen) atoms. The van der Waals surface area contributed by atoms with Gasteiger partial charge in [-0.1, -0.05) is 17.7 Å². The number of aromatic hydroxyl groups is 1. The van der Waals surface area contributed by atoms with Crippen LogP contribution in [0.15, 0.2) is 18.2 Å². The third kappa shape index (κ3) is 1.71. The van der Waals surface area contributed by atoms with Crippen LogP contribution in [-0.2, 0) is 0 Å². The molecule has 0 saturated carbocycles. The summed E-state index contributed by atoms with van der Waals surface area (Å²) in [5.74, 6) is 0.425. The summed E-state index contributed by atoms with van der Waals surface area (Å²) in [5, 5.41) is 13.4. The molecule has 3 nitrogen and oxygen atoms in total. The number of nitrogens with two attached hydrogens (primary N) is 1. The van der Waals surface area contributed by atoms with Gasteiger partial charge in [0.25, 0.3) is 0 Å². The van der Waals surface area contributed by atoms with E-state index in [0.717, 1.165) is 18.7 Å². The SMILES string of the molecule is NC1CNCC1c1ccc(Cl)cc1O. The van der Waals surface area contributed by atoms with Gasteiger partial charge in [-0.15, -0.1) is 0 Å². The number of hydrogen-bond donors (Lipinski definition) is 3. The first-order valence-electron chi connectivity index (χ1n) is 4.63. The van der Waals surface area contributed by atoms with Crippen molar-refractivity contribution in [2.45, 2.75) is 12.0 Å². The molecule has 1 aliphatic rings. The van der Waals surface area contributed by atoms with E-state index in [4.69, 9.17) is 17.3 Å². The summed E-state index contributed by atoms with van der Waals surface area (Å²) >= 11 is 5.75. The number of rotatable bonds is 1. The van der Waals surface area contributed by atoms with Crippen molar-refractivity contribution in [3.8, 4) is 5.75 Å². The number of hydrogen-bond acceptors (Lipinski definition) is 3. The first kappa shape index (κ1) is 9.77. The topological polar surface area (TPSA) is 58.3 Å². The Kier molecular flexibility index (Phi) is 2.63. The highest BCUT2D eigenvalue weighted by Crippen LogP contribution is 2.31. The van der Waals surface area contributed by atoms with Crippen LogP contribution in [0.4, 0.5) is 0 Å². The van der Waals surface area contributed by atoms with Crippen LogP contribution in [0.3, 0.4) is 0 Å². The summed E-state index contributed by atoms with van der Waals surface area (Å²) in [7, 11) is 0. The number of halogens is 1. The molecule has 1 aliphatic heterocycles. The van der Waals surface area contributed by atoms with Crippen LogP contribution in [0.5, 0.6) is 5.75 Å². The van der Waals surface area contributed by atoms with E-state index in [1.807, 2.05) is 6.07 Å². The van der Waals surface area contributed by atoms with Crippen molar-refractivity contribution in [3.05, 3.63) is 28.8 Å². The zero-order valence-electron chi connectivity index (χ0n) is 7.70. The van der Waals surface area contributed by atoms with Gasteiger partial charge in [-0.05, 0) is 17.7 Å². The lowest BCUT2D eigenvalue weighted by molar-refractivity contribution is 0.459. The summed E-state index contributed by atoms with van der Waals surface area (Å²) in [6, 6.07) is 5.25. The Hall–Kier alpha value is -0.770. The lowest BCUT2D eigenvalue weighted by Gasteiger charge is -2.15. The molecule has 2 atom stereocenters. The van der Waals surface area contributed by atoms with Crippen LogP contribution in [0.2, 0.25) is 5.02 Å². The number of benzene rings is 1. The van der Waals surface area contributed by atoms with Crippen LogP contribution in [-0.4, -0.2) is 24.2 Å². The Labute approximate surface area is 87.9 Å². The van der Waals surface area contributed by atoms with Crippen LogP contribution >= 0.6 is 11.6 Å². The fourth-order valence-electron chi connectivity index (χ4n) is 1.87. The third-order valence-corrected chi connectivity index (χ3v) is 2.89. The number of nitrogens with one attached hydrogen (secondary N) is 1. The van der Waals surface area contributed by atoms with E-state index < -0.39 is 0 Å². The molecule has 2 unspecified atom stereocenters. The molecule has 0 aromatic heterocycles. The molecule has 4 heteroatoms. The normalized spacial score (nSPS) is 26.7. The summed E-state index contributed by atoms with van der Waals surface area (Å²) < 4.78 is 0. The first-order valence-corrected chi connectivity index (χ1v) is 5.01. The van der Waals surface area contributed by atoms with Crippen LogP contribution in [0.25, 0.3) is 0 Å². The van der Waals surface area contributed by atoms with Gasteiger partial charge in [-0.25, -0.2) is 0 Å². The van der Waals surface area contributed by atoms with Gasteiger partial charge in [-0.3, -0.25) is 0 Å². The van der Waals surface area contributed by atoms with Crippen molar-refractivity contribution in [3.63, 3.8) is 0 Å². The minimum atomic E-state index is 0.0714. The molecule has 1 aromatic rings. The first-order chi connectivity index (χ1) is 6.68. The van der Waals surface area contributed by atoms with Gasteiger partial charge in [0, 0.05) is 30.1 Å². The Balaban J connectivity index is 2.31. The Bertz CT molecular complexity index is 343. The van der Waals surface area contributed by atoms with Crippen molar-refractivity contribution in [2.75, 3.05) is 13.1 Å². The largest absolute Gasteiger partial charge is 0.508 e. The molecule has 4 N–H and O–H groups in total. The third-order valence-electron chi connectivity index (χ3n) is 2.65. The van der Waals surface area contributed by atoms with E-state index in [-0.39, 0.29) is 17.7 Å². The molecule has 0 aliphatic carbocycles. The van der Waals surface area contributed by atoms with E-state index in [0.29, 0.717) is 5.02 Å². The molecule has 0 radical (unpaired) electrons. The zero-order valence-corrected chi connectivity index (χ0v) is 8.46. The van der Waals surface area contributed by atoms with Gasteiger partial charge in [0.15, 0.2) is 0 Å². The summed E-state index contributed by atoms with van der Waals surface area (Å²) in [6.07, 6.45) is 0. The summed E-state index contributed by atoms with van der Waals surface area (Å²) in [4.78, 5) is 0. The van der Waals surface area contributed by atoms with Crippen molar-refractivity contribution in [1.82, 2.24) is 5.32 Å². The molecule has 0 spiro atoms. The monoisotopic (exact) mass is 212 g/mol. The Morgan fingerprint density at radius 3 is 2.79 bits per heavy atom. The maximum Gasteiger partial charge on any atom is 0.120 e. The smallest absolute Gasteiger partial charge is 0.120 e. The van der Waals surface area contributed by atoms with Crippen LogP contribution in [0.1, 0.15) is 11.5 Å². The molecule has 1 saturated heterocycles. The fourth-order valence-corrected chi connectivity index (χ4v) is 2.04. The molecular weight excluding hydrogens is 200 g/mol. The Morgan fingerprint density at radius 1 is 1.43 bits per heavy atom. The van der Waals surface area contributed by atoms with Crippen molar-refractivity contribution in [1.29, 1.82) is 0 Å². The van der Waals surface area contributed by atoms with E-state index in [1.54, 1.807) is 12.1 Å². The quantitative estimate of drug-likeness (QED) is 0.653. The van der Waals surface area contributed by atoms with Gasteiger partial charge in [0.1, 0.15) is 5.75 Å². The molecule has 2 rings (SSSR count). The lowest BCUT2D eigenvalue weighted by atomic mass is 9.94. The lowest BCUT2D eigenvalue weighted by Crippen LogP contribution is -2.27. The molecule has 76 valence electrons. The fraction of sp³-hybridized carbons (Fsp3) is 0.400. The van der Waals surface area contributed by atoms with E-state index in [9.17, 15) is 5.11 Å². The molecule has 1 aromatic carbocycles. The standard InChI is InChI=1S/C10H13ClN2O/c11-6-1-2-7(10(14)3-6)8-4-13-5-9(8)12/h1-3,8-9,13-14H,4-5,12H2. The maximum absolute atomic E-state index is 9.70. The van der Waals surface area contributed by atoms with Crippen molar-refractivity contribution < 1.29 is 5.11 Å². The van der Waals surface area contributed by atoms with E-state index >= 15 is 0 Å². The van der Waals surface area contributed by atoms with Crippen molar-refractivity contribution in [2.24, 2.45) is 5.73 Å². The molecule has 1 heterocycles. The van der Waals surface area contributed by atoms with Crippen LogP contribution in [0, 0.1) is 0 Å². The highest BCUT2D eigenvalue weighted by molar-refractivity contribution is 6.30. The van der Waals surface area contributed by atoms with Gasteiger partial charge in [0.2, 0.25) is 0 Å². The summed E-state index contributed by atoms with van der Waals surface area (Å²) in [5.41, 5.74) is 6.79. The maximum atomic E-state index is 9.70. The highest BCUT2D eigenvalue weighted by Gasteiger charge is 2.27. The van der Waals surface area contributed by atoms with E-state index in [2.05, 4.69) is 5.32 Å². The van der Waals surface area contributed by atoms with Gasteiger partial charge in [0.05, 0.1) is 0 Å². The van der Waals surface area contributed by atoms with Gasteiger partial charge < -0.3 is 16.2 Å². The molecular formula is C10H13ClN2O. The van der Waals surface area contributed by atoms with Crippen molar-refractivity contribution >= 4 is 11.6 Å². The predicted octanol–water partition coefficient (Wildman–Crippen LogP) is 1.06. The highest BCUT2D eigenvalue weighted by atomic mass is 35.5. The summed E-state index contributed by atoms with van der Waals surface area (Å²) in [6.45, 7) is 1.61. The predicted molar refractivity (Wildman–Crippen MR) is 56.7 cm³/mol. The Morgan fingerprint density at radius 2 is 2.21 bits per heavy atom.